The van der Waals surface area contributed by atoms with E-state index in [0.29, 0.717) is 17.1 Å². The van der Waals surface area contributed by atoms with Crippen LogP contribution in [0, 0.1) is 17.2 Å². The summed E-state index contributed by atoms with van der Waals surface area (Å²) in [6, 6.07) is 7.15. The summed E-state index contributed by atoms with van der Waals surface area (Å²) >= 11 is 0. The molecule has 0 aliphatic rings. The van der Waals surface area contributed by atoms with E-state index in [4.69, 9.17) is 14.7 Å². The van der Waals surface area contributed by atoms with Gasteiger partial charge in [-0.1, -0.05) is 13.8 Å². The van der Waals surface area contributed by atoms with Gasteiger partial charge in [-0.2, -0.15) is 5.26 Å². The Morgan fingerprint density at radius 2 is 1.74 bits per heavy atom. The van der Waals surface area contributed by atoms with Crippen molar-refractivity contribution < 1.29 is 14.3 Å². The Morgan fingerprint density at radius 1 is 1.21 bits per heavy atom. The van der Waals surface area contributed by atoms with E-state index >= 15 is 0 Å². The van der Waals surface area contributed by atoms with Crippen molar-refractivity contribution >= 4 is 11.9 Å². The summed E-state index contributed by atoms with van der Waals surface area (Å²) < 4.78 is 10.3. The Kier molecular flexibility index (Phi) is 5.13. The summed E-state index contributed by atoms with van der Waals surface area (Å²) in [5.74, 6) is 0.836. The first-order valence-corrected chi connectivity index (χ1v) is 5.91. The van der Waals surface area contributed by atoms with Gasteiger partial charge in [0.25, 0.3) is 0 Å². The van der Waals surface area contributed by atoms with Crippen LogP contribution in [0.4, 0.5) is 0 Å². The van der Waals surface area contributed by atoms with Crippen molar-refractivity contribution in [2.45, 2.75) is 13.8 Å². The summed E-state index contributed by atoms with van der Waals surface area (Å²) in [7, 11) is 3.10. The van der Waals surface area contributed by atoms with Crippen molar-refractivity contribution in [2.75, 3.05) is 14.2 Å². The van der Waals surface area contributed by atoms with Gasteiger partial charge in [0.2, 0.25) is 0 Å². The zero-order valence-corrected chi connectivity index (χ0v) is 11.6. The molecule has 0 radical (unpaired) electrons. The van der Waals surface area contributed by atoms with E-state index in [-0.39, 0.29) is 17.3 Å². The van der Waals surface area contributed by atoms with E-state index in [1.807, 2.05) is 6.07 Å². The first-order valence-electron chi connectivity index (χ1n) is 5.91. The average molecular weight is 259 g/mol. The Balaban J connectivity index is 3.22. The van der Waals surface area contributed by atoms with Crippen molar-refractivity contribution in [2.24, 2.45) is 5.92 Å². The summed E-state index contributed by atoms with van der Waals surface area (Å²) in [5, 5.41) is 9.06. The summed E-state index contributed by atoms with van der Waals surface area (Å²) in [6.07, 6.45) is 1.55. The van der Waals surface area contributed by atoms with E-state index in [1.165, 1.54) is 0 Å². The molecule has 0 N–H and O–H groups in total. The standard InChI is InChI=1S/C15H17NO3/c1-10(2)15(17)12(9-16)5-11-6-13(18-3)8-14(7-11)19-4/h5-8,10H,1-4H3/b12-5+. The first kappa shape index (κ1) is 14.8. The number of rotatable bonds is 5. The van der Waals surface area contributed by atoms with Crippen LogP contribution < -0.4 is 9.47 Å². The summed E-state index contributed by atoms with van der Waals surface area (Å²) in [4.78, 5) is 11.8. The molecule has 0 heterocycles. The van der Waals surface area contributed by atoms with Crippen LogP contribution in [0.3, 0.4) is 0 Å². The number of ether oxygens (including phenoxy) is 2. The summed E-state index contributed by atoms with van der Waals surface area (Å²) in [5.41, 5.74) is 0.826. The number of hydrogen-bond acceptors (Lipinski definition) is 4. The number of benzene rings is 1. The number of nitriles is 1. The molecule has 100 valence electrons. The van der Waals surface area contributed by atoms with E-state index in [2.05, 4.69) is 0 Å². The number of methoxy groups -OCH3 is 2. The number of hydrogen-bond donors (Lipinski definition) is 0. The minimum atomic E-state index is -0.210. The number of carbonyl (C=O) groups excluding carboxylic acids is 1. The molecule has 0 unspecified atom stereocenters. The highest BCUT2D eigenvalue weighted by Gasteiger charge is 2.13. The predicted octanol–water partition coefficient (Wildman–Crippen LogP) is 2.84. The number of carbonyl (C=O) groups is 1. The molecular formula is C15H17NO3. The maximum absolute atomic E-state index is 11.8. The monoisotopic (exact) mass is 259 g/mol. The second kappa shape index (κ2) is 6.60. The van der Waals surface area contributed by atoms with Crippen LogP contribution in [0.25, 0.3) is 6.08 Å². The van der Waals surface area contributed by atoms with Gasteiger partial charge >= 0.3 is 0 Å². The Bertz CT molecular complexity index is 517. The van der Waals surface area contributed by atoms with Crippen LogP contribution in [0.1, 0.15) is 19.4 Å². The maximum atomic E-state index is 11.8. The quantitative estimate of drug-likeness (QED) is 0.602. The largest absolute Gasteiger partial charge is 0.497 e. The Labute approximate surface area is 113 Å². The van der Waals surface area contributed by atoms with Crippen LogP contribution in [-0.4, -0.2) is 20.0 Å². The molecular weight excluding hydrogens is 242 g/mol. The van der Waals surface area contributed by atoms with Crippen LogP contribution in [0.5, 0.6) is 11.5 Å². The molecule has 0 amide bonds. The fraction of sp³-hybridized carbons (Fsp3) is 0.333. The SMILES string of the molecule is COc1cc(/C=C(\C#N)C(=O)C(C)C)cc(OC)c1. The summed E-state index contributed by atoms with van der Waals surface area (Å²) in [6.45, 7) is 3.53. The number of allylic oxidation sites excluding steroid dienone is 1. The molecule has 0 fully saturated rings. The van der Waals surface area contributed by atoms with Crippen LogP contribution in [0.2, 0.25) is 0 Å². The third-order valence-electron chi connectivity index (χ3n) is 2.60. The highest BCUT2D eigenvalue weighted by Crippen LogP contribution is 2.24. The van der Waals surface area contributed by atoms with E-state index in [1.54, 1.807) is 52.3 Å². The van der Waals surface area contributed by atoms with Crippen LogP contribution in [-0.2, 0) is 4.79 Å². The minimum Gasteiger partial charge on any atom is -0.497 e. The van der Waals surface area contributed by atoms with Gasteiger partial charge in [-0.05, 0) is 23.8 Å². The van der Waals surface area contributed by atoms with Gasteiger partial charge in [-0.15, -0.1) is 0 Å². The zero-order chi connectivity index (χ0) is 14.4. The highest BCUT2D eigenvalue weighted by atomic mass is 16.5. The lowest BCUT2D eigenvalue weighted by molar-refractivity contribution is -0.117. The molecule has 0 aliphatic heterocycles. The molecule has 0 aliphatic carbocycles. The van der Waals surface area contributed by atoms with Gasteiger partial charge in [-0.25, -0.2) is 0 Å². The smallest absolute Gasteiger partial charge is 0.175 e. The highest BCUT2D eigenvalue weighted by molar-refractivity contribution is 6.04. The fourth-order valence-corrected chi connectivity index (χ4v) is 1.55. The fourth-order valence-electron chi connectivity index (χ4n) is 1.55. The average Bonchev–Trinajstić information content (AvgIpc) is 2.43. The zero-order valence-electron chi connectivity index (χ0n) is 11.6. The maximum Gasteiger partial charge on any atom is 0.175 e. The lowest BCUT2D eigenvalue weighted by Crippen LogP contribution is -2.08. The lowest BCUT2D eigenvalue weighted by atomic mass is 10.00. The van der Waals surface area contributed by atoms with Gasteiger partial charge in [0.05, 0.1) is 19.8 Å². The molecule has 4 nitrogen and oxygen atoms in total. The van der Waals surface area contributed by atoms with Gasteiger partial charge in [-0.3, -0.25) is 4.79 Å². The Morgan fingerprint density at radius 3 is 2.11 bits per heavy atom. The molecule has 0 saturated heterocycles. The molecule has 0 spiro atoms. The van der Waals surface area contributed by atoms with Crippen molar-refractivity contribution in [3.8, 4) is 17.6 Å². The molecule has 1 rings (SSSR count). The first-order chi connectivity index (χ1) is 9.01. The molecule has 0 aromatic heterocycles. The normalized spacial score (nSPS) is 11.1. The van der Waals surface area contributed by atoms with Crippen LogP contribution >= 0.6 is 0 Å². The molecule has 1 aromatic carbocycles. The third-order valence-corrected chi connectivity index (χ3v) is 2.60. The molecule has 0 bridgehead atoms. The van der Waals surface area contributed by atoms with E-state index in [9.17, 15) is 4.79 Å². The second-order valence-corrected chi connectivity index (χ2v) is 4.33. The van der Waals surface area contributed by atoms with E-state index < -0.39 is 0 Å². The second-order valence-electron chi connectivity index (χ2n) is 4.33. The van der Waals surface area contributed by atoms with Crippen molar-refractivity contribution in [1.29, 1.82) is 5.26 Å². The van der Waals surface area contributed by atoms with Gasteiger partial charge in [0.1, 0.15) is 17.6 Å². The third kappa shape index (κ3) is 3.85. The number of ketones is 1. The molecule has 1 aromatic rings. The topological polar surface area (TPSA) is 59.3 Å². The lowest BCUT2D eigenvalue weighted by Gasteiger charge is -2.07. The molecule has 0 atom stereocenters. The predicted molar refractivity (Wildman–Crippen MR) is 73.0 cm³/mol. The van der Waals surface area contributed by atoms with Crippen LogP contribution in [0.15, 0.2) is 23.8 Å². The number of Topliss-reactive ketones (excluding diaryl/α,β-unsaturated/α-hetero) is 1. The van der Waals surface area contributed by atoms with Crippen molar-refractivity contribution in [1.82, 2.24) is 0 Å². The van der Waals surface area contributed by atoms with Gasteiger partial charge in [0.15, 0.2) is 5.78 Å². The molecule has 19 heavy (non-hydrogen) atoms. The molecule has 0 saturated carbocycles. The van der Waals surface area contributed by atoms with Crippen molar-refractivity contribution in [3.63, 3.8) is 0 Å². The Hall–Kier alpha value is -2.28. The van der Waals surface area contributed by atoms with Crippen molar-refractivity contribution in [3.05, 3.63) is 29.3 Å². The van der Waals surface area contributed by atoms with Gasteiger partial charge in [0, 0.05) is 12.0 Å². The minimum absolute atomic E-state index is 0.130. The number of nitrogens with zero attached hydrogens (tertiary/aromatic N) is 1. The van der Waals surface area contributed by atoms with Gasteiger partial charge < -0.3 is 9.47 Å². The molecule has 4 heteroatoms. The van der Waals surface area contributed by atoms with E-state index in [0.717, 1.165) is 0 Å².